The lowest BCUT2D eigenvalue weighted by molar-refractivity contribution is 0.208. The smallest absolute Gasteiger partial charge is 0.167 e. The first-order valence-electron chi connectivity index (χ1n) is 7.04. The van der Waals surface area contributed by atoms with E-state index < -0.39 is 5.67 Å². The highest BCUT2D eigenvalue weighted by Gasteiger charge is 2.39. The predicted molar refractivity (Wildman–Crippen MR) is 78.3 cm³/mol. The standard InChI is InChI=1S/C16H24FNO2/c1-15(2,17)12-8-11(16(10-18)6-5-7-16)9-13(19-3)14(12)20-4/h8-9H,5-7,10,18H2,1-4H3. The molecule has 112 valence electrons. The number of hydrogen-bond acceptors (Lipinski definition) is 3. The molecule has 0 radical (unpaired) electrons. The summed E-state index contributed by atoms with van der Waals surface area (Å²) in [5.74, 6) is 1.04. The van der Waals surface area contributed by atoms with E-state index in [1.807, 2.05) is 12.1 Å². The number of methoxy groups -OCH3 is 2. The van der Waals surface area contributed by atoms with Crippen LogP contribution in [-0.4, -0.2) is 20.8 Å². The van der Waals surface area contributed by atoms with Crippen LogP contribution in [0.5, 0.6) is 11.5 Å². The van der Waals surface area contributed by atoms with Crippen molar-refractivity contribution in [3.63, 3.8) is 0 Å². The van der Waals surface area contributed by atoms with E-state index in [2.05, 4.69) is 0 Å². The van der Waals surface area contributed by atoms with Gasteiger partial charge in [0.2, 0.25) is 0 Å². The topological polar surface area (TPSA) is 44.5 Å². The molecule has 0 bridgehead atoms. The summed E-state index contributed by atoms with van der Waals surface area (Å²) in [5, 5.41) is 0. The van der Waals surface area contributed by atoms with Gasteiger partial charge in [-0.3, -0.25) is 0 Å². The van der Waals surface area contributed by atoms with Crippen LogP contribution in [0.2, 0.25) is 0 Å². The van der Waals surface area contributed by atoms with Gasteiger partial charge in [-0.15, -0.1) is 0 Å². The van der Waals surface area contributed by atoms with Crippen molar-refractivity contribution in [3.05, 3.63) is 23.3 Å². The number of alkyl halides is 1. The first-order valence-corrected chi connectivity index (χ1v) is 7.04. The zero-order valence-corrected chi connectivity index (χ0v) is 12.8. The normalized spacial score (nSPS) is 17.5. The minimum atomic E-state index is -1.49. The molecule has 0 saturated heterocycles. The summed E-state index contributed by atoms with van der Waals surface area (Å²) in [4.78, 5) is 0. The summed E-state index contributed by atoms with van der Waals surface area (Å²) in [6, 6.07) is 3.84. The van der Waals surface area contributed by atoms with E-state index in [0.29, 0.717) is 23.6 Å². The van der Waals surface area contributed by atoms with E-state index in [4.69, 9.17) is 15.2 Å². The van der Waals surface area contributed by atoms with Crippen LogP contribution in [0, 0.1) is 0 Å². The average molecular weight is 281 g/mol. The summed E-state index contributed by atoms with van der Waals surface area (Å²) in [6.45, 7) is 3.64. The van der Waals surface area contributed by atoms with Crippen molar-refractivity contribution in [2.45, 2.75) is 44.2 Å². The molecule has 0 spiro atoms. The van der Waals surface area contributed by atoms with Crippen molar-refractivity contribution < 1.29 is 13.9 Å². The Morgan fingerprint density at radius 3 is 2.25 bits per heavy atom. The Hall–Kier alpha value is -1.29. The Morgan fingerprint density at radius 2 is 1.90 bits per heavy atom. The fraction of sp³-hybridized carbons (Fsp3) is 0.625. The zero-order valence-electron chi connectivity index (χ0n) is 12.8. The number of halogens is 1. The molecule has 0 heterocycles. The molecule has 3 nitrogen and oxygen atoms in total. The SMILES string of the molecule is COc1cc(C2(CN)CCC2)cc(C(C)(C)F)c1OC. The van der Waals surface area contributed by atoms with Gasteiger partial charge >= 0.3 is 0 Å². The highest BCUT2D eigenvalue weighted by atomic mass is 19.1. The molecule has 1 saturated carbocycles. The molecule has 0 atom stereocenters. The van der Waals surface area contributed by atoms with Crippen molar-refractivity contribution in [1.82, 2.24) is 0 Å². The summed E-state index contributed by atoms with van der Waals surface area (Å²) in [5.41, 5.74) is 6.02. The van der Waals surface area contributed by atoms with Crippen LogP contribution in [0.4, 0.5) is 4.39 Å². The molecule has 0 aliphatic heterocycles. The van der Waals surface area contributed by atoms with E-state index in [1.165, 1.54) is 27.4 Å². The van der Waals surface area contributed by atoms with Gasteiger partial charge in [0.15, 0.2) is 11.5 Å². The quantitative estimate of drug-likeness (QED) is 0.900. The van der Waals surface area contributed by atoms with E-state index in [9.17, 15) is 4.39 Å². The minimum absolute atomic E-state index is 0.0282. The lowest BCUT2D eigenvalue weighted by Gasteiger charge is -2.42. The monoisotopic (exact) mass is 281 g/mol. The molecule has 0 amide bonds. The maximum atomic E-state index is 14.5. The Bertz CT molecular complexity index is 484. The molecule has 1 aromatic carbocycles. The highest BCUT2D eigenvalue weighted by Crippen LogP contribution is 2.48. The highest BCUT2D eigenvalue weighted by molar-refractivity contribution is 5.53. The Labute approximate surface area is 120 Å². The Balaban J connectivity index is 2.61. The fourth-order valence-corrected chi connectivity index (χ4v) is 2.93. The first kappa shape index (κ1) is 15.1. The van der Waals surface area contributed by atoms with Gasteiger partial charge in [0.25, 0.3) is 0 Å². The largest absolute Gasteiger partial charge is 0.493 e. The van der Waals surface area contributed by atoms with E-state index in [-0.39, 0.29) is 5.41 Å². The molecular weight excluding hydrogens is 257 g/mol. The summed E-state index contributed by atoms with van der Waals surface area (Å²) in [6.07, 6.45) is 3.26. The van der Waals surface area contributed by atoms with Gasteiger partial charge in [-0.25, -0.2) is 4.39 Å². The molecule has 1 fully saturated rings. The lowest BCUT2D eigenvalue weighted by atomic mass is 9.64. The molecule has 2 rings (SSSR count). The molecule has 20 heavy (non-hydrogen) atoms. The Morgan fingerprint density at radius 1 is 1.25 bits per heavy atom. The molecule has 0 aromatic heterocycles. The van der Waals surface area contributed by atoms with Crippen LogP contribution in [0.1, 0.15) is 44.2 Å². The van der Waals surface area contributed by atoms with Crippen LogP contribution >= 0.6 is 0 Å². The molecular formula is C16H24FNO2. The third-order valence-electron chi connectivity index (χ3n) is 4.43. The molecule has 1 aromatic rings. The second kappa shape index (κ2) is 5.24. The third kappa shape index (κ3) is 2.37. The Kier molecular flexibility index (Phi) is 3.96. The van der Waals surface area contributed by atoms with Gasteiger partial charge in [-0.05, 0) is 44.4 Å². The van der Waals surface area contributed by atoms with Crippen LogP contribution < -0.4 is 15.2 Å². The minimum Gasteiger partial charge on any atom is -0.493 e. The van der Waals surface area contributed by atoms with Gasteiger partial charge in [0.05, 0.1) is 14.2 Å². The number of rotatable bonds is 5. The molecule has 1 aliphatic rings. The van der Waals surface area contributed by atoms with Gasteiger partial charge in [-0.1, -0.05) is 6.42 Å². The average Bonchev–Trinajstić information content (AvgIpc) is 2.36. The third-order valence-corrected chi connectivity index (χ3v) is 4.43. The lowest BCUT2D eigenvalue weighted by Crippen LogP contribution is -2.41. The number of ether oxygens (including phenoxy) is 2. The zero-order chi connectivity index (χ0) is 15.0. The summed E-state index contributed by atoms with van der Waals surface area (Å²) in [7, 11) is 3.11. The van der Waals surface area contributed by atoms with Crippen LogP contribution in [0.15, 0.2) is 12.1 Å². The fourth-order valence-electron chi connectivity index (χ4n) is 2.93. The summed E-state index contributed by atoms with van der Waals surface area (Å²) < 4.78 is 25.3. The first-order chi connectivity index (χ1) is 9.38. The molecule has 2 N–H and O–H groups in total. The molecule has 0 unspecified atom stereocenters. The van der Waals surface area contributed by atoms with Crippen molar-refractivity contribution in [3.8, 4) is 11.5 Å². The number of benzene rings is 1. The second-order valence-corrected chi connectivity index (χ2v) is 6.07. The van der Waals surface area contributed by atoms with Crippen molar-refractivity contribution in [2.75, 3.05) is 20.8 Å². The number of hydrogen-bond donors (Lipinski definition) is 1. The van der Waals surface area contributed by atoms with E-state index in [0.717, 1.165) is 18.4 Å². The summed E-state index contributed by atoms with van der Waals surface area (Å²) >= 11 is 0. The predicted octanol–water partition coefficient (Wildman–Crippen LogP) is 3.29. The van der Waals surface area contributed by atoms with Crippen molar-refractivity contribution >= 4 is 0 Å². The van der Waals surface area contributed by atoms with Crippen molar-refractivity contribution in [1.29, 1.82) is 0 Å². The van der Waals surface area contributed by atoms with Gasteiger partial charge in [-0.2, -0.15) is 0 Å². The van der Waals surface area contributed by atoms with Crippen LogP contribution in [0.3, 0.4) is 0 Å². The van der Waals surface area contributed by atoms with Crippen molar-refractivity contribution in [2.24, 2.45) is 5.73 Å². The molecule has 1 aliphatic carbocycles. The number of nitrogens with two attached hydrogens (primary N) is 1. The van der Waals surface area contributed by atoms with Crippen LogP contribution in [0.25, 0.3) is 0 Å². The second-order valence-electron chi connectivity index (χ2n) is 6.07. The molecule has 4 heteroatoms. The van der Waals surface area contributed by atoms with Crippen LogP contribution in [-0.2, 0) is 11.1 Å². The maximum absolute atomic E-state index is 14.5. The van der Waals surface area contributed by atoms with Gasteiger partial charge < -0.3 is 15.2 Å². The van der Waals surface area contributed by atoms with E-state index in [1.54, 1.807) is 7.11 Å². The maximum Gasteiger partial charge on any atom is 0.167 e. The van der Waals surface area contributed by atoms with E-state index >= 15 is 0 Å². The van der Waals surface area contributed by atoms with Gasteiger partial charge in [0, 0.05) is 17.5 Å². The van der Waals surface area contributed by atoms with Gasteiger partial charge in [0.1, 0.15) is 5.67 Å².